The van der Waals surface area contributed by atoms with Gasteiger partial charge in [0, 0.05) is 0 Å². The van der Waals surface area contributed by atoms with Crippen molar-refractivity contribution in [1.82, 2.24) is 5.32 Å². The molecule has 144 valence electrons. The summed E-state index contributed by atoms with van der Waals surface area (Å²) >= 11 is 5.95. The zero-order chi connectivity index (χ0) is 19.6. The van der Waals surface area contributed by atoms with E-state index < -0.39 is 5.97 Å². The third-order valence-electron chi connectivity index (χ3n) is 3.79. The van der Waals surface area contributed by atoms with Crippen LogP contribution in [-0.4, -0.2) is 25.1 Å². The predicted octanol–water partition coefficient (Wildman–Crippen LogP) is 4.17. The van der Waals surface area contributed by atoms with Gasteiger partial charge in [0.1, 0.15) is 5.75 Å². The van der Waals surface area contributed by atoms with Gasteiger partial charge in [-0.25, -0.2) is 4.79 Å². The molecule has 0 aliphatic carbocycles. The molecule has 0 bridgehead atoms. The second-order valence-corrected chi connectivity index (χ2v) is 6.95. The van der Waals surface area contributed by atoms with E-state index in [1.165, 1.54) is 0 Å². The topological polar surface area (TPSA) is 64.6 Å². The predicted molar refractivity (Wildman–Crippen MR) is 105 cm³/mol. The van der Waals surface area contributed by atoms with E-state index in [2.05, 4.69) is 19.2 Å². The van der Waals surface area contributed by atoms with E-state index in [1.807, 2.05) is 30.3 Å². The van der Waals surface area contributed by atoms with Gasteiger partial charge in [-0.3, -0.25) is 4.79 Å². The Kier molecular flexibility index (Phi) is 8.14. The summed E-state index contributed by atoms with van der Waals surface area (Å²) in [6, 6.07) is 16.4. The van der Waals surface area contributed by atoms with E-state index in [1.54, 1.807) is 24.3 Å². The van der Waals surface area contributed by atoms with Crippen molar-refractivity contribution in [2.45, 2.75) is 26.3 Å². The Labute approximate surface area is 164 Å². The highest BCUT2D eigenvalue weighted by Crippen LogP contribution is 2.23. The lowest BCUT2D eigenvalue weighted by atomic mass is 9.97. The summed E-state index contributed by atoms with van der Waals surface area (Å²) in [5, 5.41) is 3.33. The molecule has 6 heteroatoms. The molecule has 0 unspecified atom stereocenters. The SMILES string of the molecule is CC(C)C[C@H](NC(=O)COC(=O)COc1ccccc1Cl)c1ccccc1. The summed E-state index contributed by atoms with van der Waals surface area (Å²) in [5.74, 6) is -0.190. The van der Waals surface area contributed by atoms with Crippen LogP contribution in [0.25, 0.3) is 0 Å². The number of amides is 1. The van der Waals surface area contributed by atoms with Gasteiger partial charge in [0.05, 0.1) is 11.1 Å². The Morgan fingerprint density at radius 2 is 1.67 bits per heavy atom. The van der Waals surface area contributed by atoms with Crippen LogP contribution in [0.1, 0.15) is 31.9 Å². The van der Waals surface area contributed by atoms with Crippen LogP contribution in [-0.2, 0) is 14.3 Å². The number of para-hydroxylation sites is 1. The van der Waals surface area contributed by atoms with Crippen LogP contribution in [0.2, 0.25) is 5.02 Å². The molecule has 0 heterocycles. The first-order valence-electron chi connectivity index (χ1n) is 8.83. The van der Waals surface area contributed by atoms with Crippen LogP contribution in [0, 0.1) is 5.92 Å². The van der Waals surface area contributed by atoms with Crippen molar-refractivity contribution in [3.8, 4) is 5.75 Å². The van der Waals surface area contributed by atoms with Gasteiger partial charge in [0.15, 0.2) is 13.2 Å². The lowest BCUT2D eigenvalue weighted by Gasteiger charge is -2.21. The van der Waals surface area contributed by atoms with Crippen molar-refractivity contribution in [1.29, 1.82) is 0 Å². The number of benzene rings is 2. The highest BCUT2D eigenvalue weighted by atomic mass is 35.5. The maximum absolute atomic E-state index is 12.2. The molecule has 0 aromatic heterocycles. The molecule has 2 aromatic rings. The van der Waals surface area contributed by atoms with Crippen LogP contribution in [0.4, 0.5) is 0 Å². The van der Waals surface area contributed by atoms with Gasteiger partial charge in [0.2, 0.25) is 0 Å². The molecule has 2 rings (SSSR count). The van der Waals surface area contributed by atoms with E-state index in [0.717, 1.165) is 12.0 Å². The van der Waals surface area contributed by atoms with Gasteiger partial charge < -0.3 is 14.8 Å². The molecule has 1 N–H and O–H groups in total. The second kappa shape index (κ2) is 10.6. The van der Waals surface area contributed by atoms with Gasteiger partial charge in [-0.15, -0.1) is 0 Å². The minimum absolute atomic E-state index is 0.128. The molecule has 0 spiro atoms. The maximum atomic E-state index is 12.2. The van der Waals surface area contributed by atoms with E-state index >= 15 is 0 Å². The van der Waals surface area contributed by atoms with Gasteiger partial charge >= 0.3 is 5.97 Å². The molecular formula is C21H24ClNO4. The van der Waals surface area contributed by atoms with E-state index in [4.69, 9.17) is 21.1 Å². The van der Waals surface area contributed by atoms with Crippen LogP contribution in [0.3, 0.4) is 0 Å². The Morgan fingerprint density at radius 1 is 1.00 bits per heavy atom. The summed E-state index contributed by atoms with van der Waals surface area (Å²) < 4.78 is 10.3. The summed E-state index contributed by atoms with van der Waals surface area (Å²) in [7, 11) is 0. The maximum Gasteiger partial charge on any atom is 0.344 e. The van der Waals surface area contributed by atoms with Crippen LogP contribution >= 0.6 is 11.6 Å². The summed E-state index contributed by atoms with van der Waals surface area (Å²) in [6.07, 6.45) is 0.791. The highest BCUT2D eigenvalue weighted by molar-refractivity contribution is 6.32. The zero-order valence-electron chi connectivity index (χ0n) is 15.5. The first-order chi connectivity index (χ1) is 13.0. The lowest BCUT2D eigenvalue weighted by Crippen LogP contribution is -2.33. The molecule has 1 atom stereocenters. The molecule has 0 radical (unpaired) electrons. The van der Waals surface area contributed by atoms with Crippen LogP contribution < -0.4 is 10.1 Å². The molecule has 5 nitrogen and oxygen atoms in total. The Morgan fingerprint density at radius 3 is 2.33 bits per heavy atom. The quantitative estimate of drug-likeness (QED) is 0.654. The third-order valence-corrected chi connectivity index (χ3v) is 4.10. The smallest absolute Gasteiger partial charge is 0.344 e. The lowest BCUT2D eigenvalue weighted by molar-refractivity contribution is -0.150. The fourth-order valence-electron chi connectivity index (χ4n) is 2.56. The fourth-order valence-corrected chi connectivity index (χ4v) is 2.75. The van der Waals surface area contributed by atoms with Crippen molar-refractivity contribution < 1.29 is 19.1 Å². The summed E-state index contributed by atoms with van der Waals surface area (Å²) in [6.45, 7) is 3.51. The van der Waals surface area contributed by atoms with Crippen molar-refractivity contribution in [2.24, 2.45) is 5.92 Å². The molecule has 0 saturated carbocycles. The number of ether oxygens (including phenoxy) is 2. The first-order valence-corrected chi connectivity index (χ1v) is 9.20. The highest BCUT2D eigenvalue weighted by Gasteiger charge is 2.17. The number of hydrogen-bond donors (Lipinski definition) is 1. The molecule has 1 amide bonds. The van der Waals surface area contributed by atoms with Gasteiger partial charge in [-0.05, 0) is 30.0 Å². The van der Waals surface area contributed by atoms with Gasteiger partial charge in [-0.1, -0.05) is 67.9 Å². The summed E-state index contributed by atoms with van der Waals surface area (Å²) in [4.78, 5) is 24.0. The molecule has 0 saturated heterocycles. The fraction of sp³-hybridized carbons (Fsp3) is 0.333. The van der Waals surface area contributed by atoms with E-state index in [0.29, 0.717) is 16.7 Å². The van der Waals surface area contributed by atoms with Crippen molar-refractivity contribution in [2.75, 3.05) is 13.2 Å². The first kappa shape index (κ1) is 20.8. The molecular weight excluding hydrogens is 366 g/mol. The zero-order valence-corrected chi connectivity index (χ0v) is 16.2. The van der Waals surface area contributed by atoms with Gasteiger partial charge in [0.25, 0.3) is 5.91 Å². The Bertz CT molecular complexity index is 749. The van der Waals surface area contributed by atoms with E-state index in [-0.39, 0.29) is 25.2 Å². The van der Waals surface area contributed by atoms with Crippen LogP contribution in [0.5, 0.6) is 5.75 Å². The average molecular weight is 390 g/mol. The van der Waals surface area contributed by atoms with Crippen molar-refractivity contribution in [3.63, 3.8) is 0 Å². The largest absolute Gasteiger partial charge is 0.480 e. The number of hydrogen-bond acceptors (Lipinski definition) is 4. The molecule has 0 fully saturated rings. The number of nitrogens with one attached hydrogen (secondary N) is 1. The Hall–Kier alpha value is -2.53. The van der Waals surface area contributed by atoms with Crippen molar-refractivity contribution in [3.05, 3.63) is 65.2 Å². The van der Waals surface area contributed by atoms with Crippen molar-refractivity contribution >= 4 is 23.5 Å². The van der Waals surface area contributed by atoms with E-state index in [9.17, 15) is 9.59 Å². The molecule has 27 heavy (non-hydrogen) atoms. The van der Waals surface area contributed by atoms with Gasteiger partial charge in [-0.2, -0.15) is 0 Å². The second-order valence-electron chi connectivity index (χ2n) is 6.54. The number of rotatable bonds is 9. The normalized spacial score (nSPS) is 11.7. The minimum atomic E-state index is -0.634. The molecule has 0 aliphatic rings. The number of halogens is 1. The van der Waals surface area contributed by atoms with Crippen LogP contribution in [0.15, 0.2) is 54.6 Å². The third kappa shape index (κ3) is 7.31. The standard InChI is InChI=1S/C21H24ClNO4/c1-15(2)12-18(16-8-4-3-5-9-16)23-20(24)13-27-21(25)14-26-19-11-7-6-10-17(19)22/h3-11,15,18H,12-14H2,1-2H3,(H,23,24)/t18-/m0/s1. The molecule has 0 aliphatic heterocycles. The summed E-state index contributed by atoms with van der Waals surface area (Å²) in [5.41, 5.74) is 1.02. The monoisotopic (exact) mass is 389 g/mol. The minimum Gasteiger partial charge on any atom is -0.480 e. The number of carbonyl (C=O) groups excluding carboxylic acids is 2. The number of esters is 1. The molecule has 2 aromatic carbocycles. The average Bonchev–Trinajstić information content (AvgIpc) is 2.65. The Balaban J connectivity index is 1.81. The number of carbonyl (C=O) groups is 2.